The SMILES string of the molecule is NC(=O)CSc1ccccc1C(=O)Nc1ccc2c(c1)OCCO2. The van der Waals surface area contributed by atoms with Crippen LogP contribution in [0.25, 0.3) is 0 Å². The van der Waals surface area contributed by atoms with Crippen LogP contribution in [0.1, 0.15) is 10.4 Å². The average molecular weight is 344 g/mol. The molecule has 3 N–H and O–H groups in total. The molecule has 0 aliphatic carbocycles. The second-order valence-corrected chi connectivity index (χ2v) is 6.08. The first-order valence-electron chi connectivity index (χ1n) is 7.34. The van der Waals surface area contributed by atoms with Gasteiger partial charge in [0.2, 0.25) is 5.91 Å². The predicted octanol–water partition coefficient (Wildman–Crippen LogP) is 2.29. The molecule has 1 aliphatic heterocycles. The molecule has 0 bridgehead atoms. The number of nitrogens with one attached hydrogen (secondary N) is 1. The van der Waals surface area contributed by atoms with Gasteiger partial charge in [-0.15, -0.1) is 11.8 Å². The summed E-state index contributed by atoms with van der Waals surface area (Å²) >= 11 is 1.24. The number of carbonyl (C=O) groups excluding carboxylic acids is 2. The van der Waals surface area contributed by atoms with Gasteiger partial charge in [0, 0.05) is 16.6 Å². The topological polar surface area (TPSA) is 90.7 Å². The van der Waals surface area contributed by atoms with Crippen molar-refractivity contribution in [3.63, 3.8) is 0 Å². The molecule has 0 unspecified atom stereocenters. The number of carbonyl (C=O) groups is 2. The van der Waals surface area contributed by atoms with Crippen LogP contribution in [0, 0.1) is 0 Å². The molecule has 24 heavy (non-hydrogen) atoms. The lowest BCUT2D eigenvalue weighted by atomic mass is 10.2. The Bertz CT molecular complexity index is 779. The summed E-state index contributed by atoms with van der Waals surface area (Å²) in [7, 11) is 0. The highest BCUT2D eigenvalue weighted by Crippen LogP contribution is 2.33. The average Bonchev–Trinajstić information content (AvgIpc) is 2.60. The minimum atomic E-state index is -0.429. The maximum absolute atomic E-state index is 12.5. The van der Waals surface area contributed by atoms with Crippen LogP contribution < -0.4 is 20.5 Å². The van der Waals surface area contributed by atoms with E-state index >= 15 is 0 Å². The Morgan fingerprint density at radius 2 is 1.83 bits per heavy atom. The van der Waals surface area contributed by atoms with Crippen molar-refractivity contribution in [3.8, 4) is 11.5 Å². The van der Waals surface area contributed by atoms with Gasteiger partial charge >= 0.3 is 0 Å². The predicted molar refractivity (Wildman–Crippen MR) is 91.7 cm³/mol. The van der Waals surface area contributed by atoms with Gasteiger partial charge in [0.1, 0.15) is 13.2 Å². The van der Waals surface area contributed by atoms with E-state index in [1.807, 2.05) is 6.07 Å². The fraction of sp³-hybridized carbons (Fsp3) is 0.176. The van der Waals surface area contributed by atoms with E-state index in [1.165, 1.54) is 11.8 Å². The first kappa shape index (κ1) is 16.2. The van der Waals surface area contributed by atoms with Gasteiger partial charge in [0.15, 0.2) is 11.5 Å². The summed E-state index contributed by atoms with van der Waals surface area (Å²) in [4.78, 5) is 24.2. The van der Waals surface area contributed by atoms with Gasteiger partial charge in [0.05, 0.1) is 11.3 Å². The molecule has 0 fully saturated rings. The van der Waals surface area contributed by atoms with E-state index in [1.54, 1.807) is 36.4 Å². The maximum atomic E-state index is 12.5. The summed E-state index contributed by atoms with van der Waals surface area (Å²) in [6.07, 6.45) is 0. The van der Waals surface area contributed by atoms with Gasteiger partial charge in [-0.2, -0.15) is 0 Å². The Morgan fingerprint density at radius 3 is 2.62 bits per heavy atom. The third kappa shape index (κ3) is 3.80. The number of hydrogen-bond donors (Lipinski definition) is 2. The van der Waals surface area contributed by atoms with Gasteiger partial charge < -0.3 is 20.5 Å². The fourth-order valence-electron chi connectivity index (χ4n) is 2.25. The van der Waals surface area contributed by atoms with E-state index < -0.39 is 5.91 Å². The number of benzene rings is 2. The van der Waals surface area contributed by atoms with Gasteiger partial charge in [-0.3, -0.25) is 9.59 Å². The molecule has 0 spiro atoms. The number of ether oxygens (including phenoxy) is 2. The first-order valence-corrected chi connectivity index (χ1v) is 8.33. The lowest BCUT2D eigenvalue weighted by molar-refractivity contribution is -0.115. The molecule has 0 saturated heterocycles. The highest BCUT2D eigenvalue weighted by atomic mass is 32.2. The molecule has 1 heterocycles. The molecule has 0 aromatic heterocycles. The monoisotopic (exact) mass is 344 g/mol. The Morgan fingerprint density at radius 1 is 1.08 bits per heavy atom. The van der Waals surface area contributed by atoms with Crippen LogP contribution in [0.15, 0.2) is 47.4 Å². The second kappa shape index (κ2) is 7.27. The van der Waals surface area contributed by atoms with Crippen molar-refractivity contribution in [2.45, 2.75) is 4.90 Å². The molecular weight excluding hydrogens is 328 g/mol. The van der Waals surface area contributed by atoms with Crippen LogP contribution in [0.5, 0.6) is 11.5 Å². The van der Waals surface area contributed by atoms with Gasteiger partial charge in [-0.25, -0.2) is 0 Å². The normalized spacial score (nSPS) is 12.5. The van der Waals surface area contributed by atoms with Gasteiger partial charge in [-0.05, 0) is 24.3 Å². The summed E-state index contributed by atoms with van der Waals surface area (Å²) in [6, 6.07) is 12.3. The van der Waals surface area contributed by atoms with Crippen LogP contribution in [0.3, 0.4) is 0 Å². The lowest BCUT2D eigenvalue weighted by Gasteiger charge is -2.19. The van der Waals surface area contributed by atoms with Crippen molar-refractivity contribution < 1.29 is 19.1 Å². The largest absolute Gasteiger partial charge is 0.486 e. The van der Waals surface area contributed by atoms with Crippen LogP contribution in [-0.4, -0.2) is 30.8 Å². The number of anilines is 1. The smallest absolute Gasteiger partial charge is 0.256 e. The molecule has 0 saturated carbocycles. The molecule has 7 heteroatoms. The lowest BCUT2D eigenvalue weighted by Crippen LogP contribution is -2.17. The molecular formula is C17H16N2O4S. The van der Waals surface area contributed by atoms with Crippen molar-refractivity contribution in [2.24, 2.45) is 5.73 Å². The van der Waals surface area contributed by atoms with Crippen LogP contribution in [-0.2, 0) is 4.79 Å². The maximum Gasteiger partial charge on any atom is 0.256 e. The first-order chi connectivity index (χ1) is 11.6. The molecule has 3 rings (SSSR count). The number of rotatable bonds is 5. The van der Waals surface area contributed by atoms with Crippen LogP contribution >= 0.6 is 11.8 Å². The summed E-state index contributed by atoms with van der Waals surface area (Å²) < 4.78 is 11.0. The van der Waals surface area contributed by atoms with E-state index in [2.05, 4.69) is 5.32 Å². The van der Waals surface area contributed by atoms with Gasteiger partial charge in [0.25, 0.3) is 5.91 Å². The molecule has 0 atom stereocenters. The second-order valence-electron chi connectivity index (χ2n) is 5.06. The highest BCUT2D eigenvalue weighted by Gasteiger charge is 2.15. The molecule has 6 nitrogen and oxygen atoms in total. The van der Waals surface area contributed by atoms with Crippen LogP contribution in [0.2, 0.25) is 0 Å². The summed E-state index contributed by atoms with van der Waals surface area (Å²) in [5, 5.41) is 2.83. The van der Waals surface area contributed by atoms with Crippen molar-refractivity contribution in [1.82, 2.24) is 0 Å². The van der Waals surface area contributed by atoms with Gasteiger partial charge in [-0.1, -0.05) is 12.1 Å². The minimum Gasteiger partial charge on any atom is -0.486 e. The van der Waals surface area contributed by atoms with Crippen molar-refractivity contribution in [2.75, 3.05) is 24.3 Å². The van der Waals surface area contributed by atoms with E-state index in [-0.39, 0.29) is 11.7 Å². The zero-order chi connectivity index (χ0) is 16.9. The molecule has 0 radical (unpaired) electrons. The zero-order valence-corrected chi connectivity index (χ0v) is 13.6. The molecule has 1 aliphatic rings. The number of amides is 2. The Balaban J connectivity index is 1.76. The summed E-state index contributed by atoms with van der Waals surface area (Å²) in [5.41, 5.74) is 6.26. The summed E-state index contributed by atoms with van der Waals surface area (Å²) in [5.74, 6) is 0.697. The standard InChI is InChI=1S/C17H16N2O4S/c18-16(20)10-24-15-4-2-1-3-12(15)17(21)19-11-5-6-13-14(9-11)23-8-7-22-13/h1-6,9H,7-8,10H2,(H2,18,20)(H,19,21). The molecule has 124 valence electrons. The number of hydrogen-bond acceptors (Lipinski definition) is 5. The van der Waals surface area contributed by atoms with E-state index in [9.17, 15) is 9.59 Å². The van der Waals surface area contributed by atoms with Crippen molar-refractivity contribution in [1.29, 1.82) is 0 Å². The molecule has 2 aromatic carbocycles. The third-order valence-electron chi connectivity index (χ3n) is 3.30. The van der Waals surface area contributed by atoms with Crippen molar-refractivity contribution >= 4 is 29.3 Å². The summed E-state index contributed by atoms with van der Waals surface area (Å²) in [6.45, 7) is 1.00. The minimum absolute atomic E-state index is 0.119. The number of nitrogens with two attached hydrogens (primary N) is 1. The van der Waals surface area contributed by atoms with E-state index in [0.29, 0.717) is 40.9 Å². The van der Waals surface area contributed by atoms with Crippen LogP contribution in [0.4, 0.5) is 5.69 Å². The Kier molecular flexibility index (Phi) is 4.90. The van der Waals surface area contributed by atoms with E-state index in [4.69, 9.17) is 15.2 Å². The number of fused-ring (bicyclic) bond motifs is 1. The third-order valence-corrected chi connectivity index (χ3v) is 4.40. The van der Waals surface area contributed by atoms with E-state index in [0.717, 1.165) is 0 Å². The highest BCUT2D eigenvalue weighted by molar-refractivity contribution is 8.00. The Hall–Kier alpha value is -2.67. The van der Waals surface area contributed by atoms with Crippen molar-refractivity contribution in [3.05, 3.63) is 48.0 Å². The number of primary amides is 1. The number of thioether (sulfide) groups is 1. The quantitative estimate of drug-likeness (QED) is 0.812. The Labute approximate surface area is 143 Å². The zero-order valence-electron chi connectivity index (χ0n) is 12.8. The molecule has 2 amide bonds. The molecule has 2 aromatic rings. The fourth-order valence-corrected chi connectivity index (χ4v) is 3.04.